The number of aromatic nitrogens is 3. The number of amides is 2. The number of carbonyl (C=O) groups excluding carboxylic acids is 2. The highest BCUT2D eigenvalue weighted by Crippen LogP contribution is 2.19. The Kier molecular flexibility index (Phi) is 6.51. The van der Waals surface area contributed by atoms with Crippen LogP contribution in [-0.4, -0.2) is 67.5 Å². The Hall–Kier alpha value is -3.51. The molecule has 0 bridgehead atoms. The predicted molar refractivity (Wildman–Crippen MR) is 113 cm³/mol. The highest BCUT2D eigenvalue weighted by Gasteiger charge is 2.19. The molecule has 3 aromatic rings. The van der Waals surface area contributed by atoms with Crippen molar-refractivity contribution in [2.45, 2.75) is 11.4 Å². The van der Waals surface area contributed by atoms with Gasteiger partial charge in [-0.15, -0.1) is 5.10 Å². The van der Waals surface area contributed by atoms with E-state index in [2.05, 4.69) is 20.9 Å². The first-order valence-electron chi connectivity index (χ1n) is 9.22. The molecule has 0 spiro atoms. The van der Waals surface area contributed by atoms with Crippen LogP contribution >= 0.6 is 0 Å². The summed E-state index contributed by atoms with van der Waals surface area (Å²) in [6.45, 7) is 0.533. The van der Waals surface area contributed by atoms with Crippen molar-refractivity contribution >= 4 is 38.7 Å². The quantitative estimate of drug-likeness (QED) is 0.522. The maximum absolute atomic E-state index is 12.3. The molecule has 0 unspecified atom stereocenters. The molecule has 0 aliphatic rings. The van der Waals surface area contributed by atoms with Crippen LogP contribution in [0.3, 0.4) is 0 Å². The van der Waals surface area contributed by atoms with Gasteiger partial charge in [-0.05, 0) is 30.3 Å². The molecule has 3 rings (SSSR count). The average molecular weight is 446 g/mol. The van der Waals surface area contributed by atoms with Crippen molar-refractivity contribution < 1.29 is 22.7 Å². The standard InChI is InChI=1S/C19H22N6O5S/c1-24(2)31(28,29)13-8-9-17-16(12-13)22-23-25(17)11-10-20-19(27)21-15-7-5-4-6-14(15)18(26)30-3/h4-9,12H,10-11H2,1-3H3,(H2,20,21,27). The number of para-hydroxylation sites is 1. The zero-order valence-corrected chi connectivity index (χ0v) is 18.0. The lowest BCUT2D eigenvalue weighted by molar-refractivity contribution is 0.0602. The third-order valence-corrected chi connectivity index (χ3v) is 6.26. The number of carbonyl (C=O) groups is 2. The van der Waals surface area contributed by atoms with E-state index in [4.69, 9.17) is 4.74 Å². The first-order valence-corrected chi connectivity index (χ1v) is 10.7. The van der Waals surface area contributed by atoms with Crippen molar-refractivity contribution in [3.05, 3.63) is 48.0 Å². The van der Waals surface area contributed by atoms with E-state index in [0.29, 0.717) is 23.3 Å². The SMILES string of the molecule is COC(=O)c1ccccc1NC(=O)NCCn1nnc2cc(S(=O)(=O)N(C)C)ccc21. The first-order chi connectivity index (χ1) is 14.7. The number of hydrogen-bond donors (Lipinski definition) is 2. The molecule has 0 saturated carbocycles. The molecular weight excluding hydrogens is 424 g/mol. The lowest BCUT2D eigenvalue weighted by atomic mass is 10.2. The maximum atomic E-state index is 12.3. The Labute approximate surface area is 179 Å². The summed E-state index contributed by atoms with van der Waals surface area (Å²) in [6, 6.07) is 10.6. The van der Waals surface area contributed by atoms with E-state index in [1.165, 1.54) is 33.3 Å². The van der Waals surface area contributed by atoms with E-state index >= 15 is 0 Å². The monoisotopic (exact) mass is 446 g/mol. The van der Waals surface area contributed by atoms with Crippen molar-refractivity contribution in [2.24, 2.45) is 0 Å². The molecule has 0 fully saturated rings. The van der Waals surface area contributed by atoms with Gasteiger partial charge in [-0.3, -0.25) is 0 Å². The summed E-state index contributed by atoms with van der Waals surface area (Å²) in [5, 5.41) is 13.3. The third-order valence-electron chi connectivity index (χ3n) is 4.45. The molecule has 12 heteroatoms. The Morgan fingerprint density at radius 3 is 2.61 bits per heavy atom. The van der Waals surface area contributed by atoms with Gasteiger partial charge in [-0.1, -0.05) is 17.3 Å². The number of rotatable bonds is 7. The van der Waals surface area contributed by atoms with Crippen LogP contribution < -0.4 is 10.6 Å². The summed E-state index contributed by atoms with van der Waals surface area (Å²) in [5.41, 5.74) is 1.63. The second-order valence-corrected chi connectivity index (χ2v) is 8.82. The van der Waals surface area contributed by atoms with Gasteiger partial charge in [0, 0.05) is 20.6 Å². The van der Waals surface area contributed by atoms with Gasteiger partial charge in [-0.25, -0.2) is 27.0 Å². The summed E-state index contributed by atoms with van der Waals surface area (Å²) in [6.07, 6.45) is 0. The number of esters is 1. The fourth-order valence-corrected chi connectivity index (χ4v) is 3.73. The third kappa shape index (κ3) is 4.81. The minimum Gasteiger partial charge on any atom is -0.465 e. The van der Waals surface area contributed by atoms with E-state index in [1.54, 1.807) is 35.0 Å². The molecule has 164 valence electrons. The average Bonchev–Trinajstić information content (AvgIpc) is 3.15. The van der Waals surface area contributed by atoms with Crippen LogP contribution in [-0.2, 0) is 21.3 Å². The number of sulfonamides is 1. The van der Waals surface area contributed by atoms with Crippen LogP contribution in [0.15, 0.2) is 47.4 Å². The van der Waals surface area contributed by atoms with Crippen LogP contribution in [0.1, 0.15) is 10.4 Å². The number of fused-ring (bicyclic) bond motifs is 1. The number of anilines is 1. The number of nitrogens with zero attached hydrogens (tertiary/aromatic N) is 4. The second kappa shape index (κ2) is 9.10. The van der Waals surface area contributed by atoms with Gasteiger partial charge in [0.2, 0.25) is 10.0 Å². The fourth-order valence-electron chi connectivity index (χ4n) is 2.81. The van der Waals surface area contributed by atoms with Crippen molar-refractivity contribution in [1.82, 2.24) is 24.6 Å². The number of nitrogens with one attached hydrogen (secondary N) is 2. The predicted octanol–water partition coefficient (Wildman–Crippen LogP) is 1.29. The number of urea groups is 1. The van der Waals surface area contributed by atoms with Crippen LogP contribution in [0, 0.1) is 0 Å². The van der Waals surface area contributed by atoms with Gasteiger partial charge in [0.05, 0.1) is 35.3 Å². The Bertz CT molecular complexity index is 1220. The Morgan fingerprint density at radius 1 is 1.16 bits per heavy atom. The van der Waals surface area contributed by atoms with Crippen molar-refractivity contribution in [3.8, 4) is 0 Å². The largest absolute Gasteiger partial charge is 0.465 e. The molecule has 0 radical (unpaired) electrons. The molecule has 2 aromatic carbocycles. The summed E-state index contributed by atoms with van der Waals surface area (Å²) in [5.74, 6) is -0.555. The highest BCUT2D eigenvalue weighted by molar-refractivity contribution is 7.89. The van der Waals surface area contributed by atoms with Crippen molar-refractivity contribution in [2.75, 3.05) is 33.1 Å². The molecule has 2 N–H and O–H groups in total. The van der Waals surface area contributed by atoms with Gasteiger partial charge < -0.3 is 15.4 Å². The van der Waals surface area contributed by atoms with Crippen molar-refractivity contribution in [1.29, 1.82) is 0 Å². The number of hydrogen-bond acceptors (Lipinski definition) is 7. The summed E-state index contributed by atoms with van der Waals surface area (Å²) < 4.78 is 31.9. The Morgan fingerprint density at radius 2 is 1.90 bits per heavy atom. The van der Waals surface area contributed by atoms with E-state index in [9.17, 15) is 18.0 Å². The van der Waals surface area contributed by atoms with Crippen LogP contribution in [0.2, 0.25) is 0 Å². The zero-order chi connectivity index (χ0) is 22.6. The molecule has 2 amide bonds. The minimum absolute atomic E-state index is 0.124. The smallest absolute Gasteiger partial charge is 0.339 e. The number of benzene rings is 2. The molecule has 0 aliphatic heterocycles. The molecular formula is C19H22N6O5S. The van der Waals surface area contributed by atoms with E-state index < -0.39 is 22.0 Å². The van der Waals surface area contributed by atoms with E-state index in [-0.39, 0.29) is 17.0 Å². The topological polar surface area (TPSA) is 136 Å². The molecule has 0 atom stereocenters. The van der Waals surface area contributed by atoms with Crippen LogP contribution in [0.4, 0.5) is 10.5 Å². The summed E-state index contributed by atoms with van der Waals surface area (Å²) in [7, 11) is 0.604. The van der Waals surface area contributed by atoms with Gasteiger partial charge in [0.1, 0.15) is 5.52 Å². The molecule has 11 nitrogen and oxygen atoms in total. The minimum atomic E-state index is -3.57. The molecule has 0 saturated heterocycles. The van der Waals surface area contributed by atoms with Crippen LogP contribution in [0.25, 0.3) is 11.0 Å². The summed E-state index contributed by atoms with van der Waals surface area (Å²) in [4.78, 5) is 24.1. The highest BCUT2D eigenvalue weighted by atomic mass is 32.2. The lowest BCUT2D eigenvalue weighted by Crippen LogP contribution is -2.32. The van der Waals surface area contributed by atoms with Gasteiger partial charge in [-0.2, -0.15) is 0 Å². The molecule has 1 aromatic heterocycles. The lowest BCUT2D eigenvalue weighted by Gasteiger charge is -2.11. The second-order valence-electron chi connectivity index (χ2n) is 6.67. The maximum Gasteiger partial charge on any atom is 0.339 e. The number of ether oxygens (including phenoxy) is 1. The fraction of sp³-hybridized carbons (Fsp3) is 0.263. The van der Waals surface area contributed by atoms with Gasteiger partial charge in [0.15, 0.2) is 0 Å². The first kappa shape index (κ1) is 22.2. The molecule has 31 heavy (non-hydrogen) atoms. The molecule has 0 aliphatic carbocycles. The van der Waals surface area contributed by atoms with Gasteiger partial charge in [0.25, 0.3) is 0 Å². The van der Waals surface area contributed by atoms with Crippen LogP contribution in [0.5, 0.6) is 0 Å². The summed E-state index contributed by atoms with van der Waals surface area (Å²) >= 11 is 0. The van der Waals surface area contributed by atoms with Crippen molar-refractivity contribution in [3.63, 3.8) is 0 Å². The Balaban J connectivity index is 1.64. The zero-order valence-electron chi connectivity index (χ0n) is 17.2. The van der Waals surface area contributed by atoms with Gasteiger partial charge >= 0.3 is 12.0 Å². The number of methoxy groups -OCH3 is 1. The van der Waals surface area contributed by atoms with E-state index in [1.807, 2.05) is 0 Å². The molecule has 1 heterocycles. The van der Waals surface area contributed by atoms with E-state index in [0.717, 1.165) is 4.31 Å². The normalized spacial score (nSPS) is 11.5.